The van der Waals surface area contributed by atoms with E-state index in [9.17, 15) is 4.39 Å². The van der Waals surface area contributed by atoms with Crippen LogP contribution in [0.25, 0.3) is 17.0 Å². The summed E-state index contributed by atoms with van der Waals surface area (Å²) < 4.78 is 32.6. The zero-order chi connectivity index (χ0) is 21.4. The zero-order valence-electron chi connectivity index (χ0n) is 17.4. The van der Waals surface area contributed by atoms with Crippen molar-refractivity contribution in [1.29, 1.82) is 0 Å². The summed E-state index contributed by atoms with van der Waals surface area (Å²) in [5.74, 6) is 1.27. The summed E-state index contributed by atoms with van der Waals surface area (Å²) >= 11 is 0. The molecule has 0 amide bonds. The smallest absolute Gasteiger partial charge is 0.181 e. The van der Waals surface area contributed by atoms with Crippen molar-refractivity contribution in [2.45, 2.75) is 25.7 Å². The van der Waals surface area contributed by atoms with Crippen molar-refractivity contribution in [3.8, 4) is 17.1 Å². The monoisotopic (exact) mass is 422 g/mol. The molecule has 7 nitrogen and oxygen atoms in total. The first kappa shape index (κ1) is 19.6. The Balaban J connectivity index is 1.50. The van der Waals surface area contributed by atoms with Crippen LogP contribution >= 0.6 is 0 Å². The van der Waals surface area contributed by atoms with Gasteiger partial charge in [-0.1, -0.05) is 0 Å². The summed E-state index contributed by atoms with van der Waals surface area (Å²) in [6, 6.07) is 7.09. The minimum Gasteiger partial charge on any atom is -0.496 e. The number of aryl methyl sites for hydroxylation is 1. The highest BCUT2D eigenvalue weighted by Crippen LogP contribution is 2.36. The van der Waals surface area contributed by atoms with Gasteiger partial charge in [-0.05, 0) is 31.9 Å². The largest absolute Gasteiger partial charge is 0.496 e. The second-order valence-corrected chi connectivity index (χ2v) is 7.66. The fourth-order valence-electron chi connectivity index (χ4n) is 4.04. The molecule has 4 heterocycles. The van der Waals surface area contributed by atoms with E-state index in [1.807, 2.05) is 31.3 Å². The Bertz CT molecular complexity index is 1230. The van der Waals surface area contributed by atoms with Gasteiger partial charge in [0.15, 0.2) is 17.8 Å². The van der Waals surface area contributed by atoms with E-state index in [-0.39, 0.29) is 5.82 Å². The van der Waals surface area contributed by atoms with Crippen LogP contribution in [0.3, 0.4) is 0 Å². The molecule has 31 heavy (non-hydrogen) atoms. The van der Waals surface area contributed by atoms with Gasteiger partial charge in [-0.2, -0.15) is 0 Å². The molecule has 1 aliphatic rings. The molecule has 160 valence electrons. The Kier molecular flexibility index (Phi) is 5.07. The molecule has 0 radical (unpaired) electrons. The summed E-state index contributed by atoms with van der Waals surface area (Å²) in [6.45, 7) is 3.34. The number of anilines is 2. The summed E-state index contributed by atoms with van der Waals surface area (Å²) in [5.41, 5.74) is 4.56. The van der Waals surface area contributed by atoms with Crippen molar-refractivity contribution in [2.75, 3.05) is 25.6 Å². The number of hydrogen-bond donors (Lipinski definition) is 1. The highest BCUT2D eigenvalue weighted by atomic mass is 19.1. The molecule has 0 saturated carbocycles. The van der Waals surface area contributed by atoms with Gasteiger partial charge < -0.3 is 23.6 Å². The normalized spacial score (nSPS) is 14.8. The third kappa shape index (κ3) is 3.74. The lowest BCUT2D eigenvalue weighted by atomic mass is 9.97. The van der Waals surface area contributed by atoms with Crippen molar-refractivity contribution in [3.05, 3.63) is 60.3 Å². The molecule has 1 N–H and O–H groups in total. The average molecular weight is 422 g/mol. The van der Waals surface area contributed by atoms with E-state index in [0.29, 0.717) is 28.8 Å². The number of fused-ring (bicyclic) bond motifs is 1. The van der Waals surface area contributed by atoms with Gasteiger partial charge in [-0.3, -0.25) is 0 Å². The van der Waals surface area contributed by atoms with E-state index < -0.39 is 0 Å². The Morgan fingerprint density at radius 1 is 1.19 bits per heavy atom. The molecule has 0 bridgehead atoms. The number of halogens is 1. The van der Waals surface area contributed by atoms with E-state index in [1.54, 1.807) is 11.5 Å². The minimum atomic E-state index is -0.341. The fraction of sp³-hybridized carbons (Fsp3) is 0.304. The average Bonchev–Trinajstić information content (AvgIpc) is 3.40. The number of methoxy groups -OCH3 is 1. The quantitative estimate of drug-likeness (QED) is 0.483. The summed E-state index contributed by atoms with van der Waals surface area (Å²) in [5, 5.41) is 3.29. The van der Waals surface area contributed by atoms with Crippen LogP contribution in [0.1, 0.15) is 30.1 Å². The Morgan fingerprint density at radius 2 is 2.03 bits per heavy atom. The fourth-order valence-corrected chi connectivity index (χ4v) is 4.04. The first-order chi connectivity index (χ1) is 15.1. The number of pyridine rings is 1. The molecular formula is C23H23FN4O3. The number of aromatic nitrogens is 3. The third-order valence-corrected chi connectivity index (χ3v) is 5.65. The van der Waals surface area contributed by atoms with Gasteiger partial charge in [0.2, 0.25) is 0 Å². The first-order valence-corrected chi connectivity index (χ1v) is 10.2. The van der Waals surface area contributed by atoms with Crippen molar-refractivity contribution in [2.24, 2.45) is 0 Å². The molecule has 0 spiro atoms. The third-order valence-electron chi connectivity index (χ3n) is 5.65. The van der Waals surface area contributed by atoms with Crippen molar-refractivity contribution < 1.29 is 18.3 Å². The standard InChI is InChI=1S/C23H23FN4O3/c1-14-22(31-13-25-14)18-4-3-17(10-21(18)29-2)26-19-9-16(24)11-28-12-20(27-23(19)28)15-5-7-30-8-6-15/h3-4,9-13,15,26H,5-8H2,1-2H3. The molecule has 3 aromatic heterocycles. The highest BCUT2D eigenvalue weighted by molar-refractivity contribution is 5.77. The molecule has 1 saturated heterocycles. The number of ether oxygens (including phenoxy) is 2. The van der Waals surface area contributed by atoms with Gasteiger partial charge in [0.25, 0.3) is 0 Å². The van der Waals surface area contributed by atoms with E-state index in [1.165, 1.54) is 18.7 Å². The van der Waals surface area contributed by atoms with Crippen LogP contribution in [-0.2, 0) is 4.74 Å². The summed E-state index contributed by atoms with van der Waals surface area (Å²) in [6.07, 6.45) is 6.63. The van der Waals surface area contributed by atoms with Gasteiger partial charge in [0, 0.05) is 49.3 Å². The molecule has 1 aromatic carbocycles. The van der Waals surface area contributed by atoms with Crippen molar-refractivity contribution in [3.63, 3.8) is 0 Å². The molecule has 8 heteroatoms. The van der Waals surface area contributed by atoms with E-state index in [0.717, 1.165) is 48.7 Å². The predicted octanol–water partition coefficient (Wildman–Crippen LogP) is 5.08. The van der Waals surface area contributed by atoms with Crippen molar-refractivity contribution >= 4 is 17.0 Å². The van der Waals surface area contributed by atoms with Gasteiger partial charge in [-0.15, -0.1) is 0 Å². The van der Waals surface area contributed by atoms with E-state index in [2.05, 4.69) is 10.3 Å². The molecule has 4 aromatic rings. The molecule has 0 aliphatic carbocycles. The number of nitrogens with zero attached hydrogens (tertiary/aromatic N) is 3. The first-order valence-electron chi connectivity index (χ1n) is 10.2. The second-order valence-electron chi connectivity index (χ2n) is 7.66. The van der Waals surface area contributed by atoms with Crippen LogP contribution in [0.5, 0.6) is 5.75 Å². The van der Waals surface area contributed by atoms with Crippen LogP contribution in [0, 0.1) is 12.7 Å². The Labute approximate surface area is 178 Å². The number of hydrogen-bond acceptors (Lipinski definition) is 6. The van der Waals surface area contributed by atoms with Gasteiger partial charge in [0.05, 0.1) is 29.7 Å². The molecule has 1 fully saturated rings. The van der Waals surface area contributed by atoms with Crippen LogP contribution in [0.2, 0.25) is 0 Å². The lowest BCUT2D eigenvalue weighted by Crippen LogP contribution is -2.14. The van der Waals surface area contributed by atoms with Crippen LogP contribution in [0.4, 0.5) is 15.8 Å². The number of nitrogens with one attached hydrogen (secondary N) is 1. The molecule has 1 aliphatic heterocycles. The highest BCUT2D eigenvalue weighted by Gasteiger charge is 2.20. The van der Waals surface area contributed by atoms with E-state index >= 15 is 0 Å². The van der Waals surface area contributed by atoms with Gasteiger partial charge in [0.1, 0.15) is 11.6 Å². The summed E-state index contributed by atoms with van der Waals surface area (Å²) in [7, 11) is 1.60. The lowest BCUT2D eigenvalue weighted by molar-refractivity contribution is 0.0846. The van der Waals surface area contributed by atoms with Crippen LogP contribution < -0.4 is 10.1 Å². The zero-order valence-corrected chi connectivity index (χ0v) is 17.4. The van der Waals surface area contributed by atoms with Crippen LogP contribution in [0.15, 0.2) is 47.5 Å². The number of rotatable bonds is 5. The second kappa shape index (κ2) is 8.03. The molecule has 0 unspecified atom stereocenters. The van der Waals surface area contributed by atoms with Crippen molar-refractivity contribution in [1.82, 2.24) is 14.4 Å². The number of imidazole rings is 1. The maximum absolute atomic E-state index is 14.3. The maximum Gasteiger partial charge on any atom is 0.181 e. The molecule has 0 atom stereocenters. The van der Waals surface area contributed by atoms with Gasteiger partial charge in [-0.25, -0.2) is 14.4 Å². The maximum atomic E-state index is 14.3. The molecule has 5 rings (SSSR count). The number of oxazole rings is 1. The predicted molar refractivity (Wildman–Crippen MR) is 114 cm³/mol. The SMILES string of the molecule is COc1cc(Nc2cc(F)cn3cc(C4CCOCC4)nc23)ccc1-c1ocnc1C. The van der Waals surface area contributed by atoms with E-state index in [4.69, 9.17) is 18.9 Å². The topological polar surface area (TPSA) is 73.8 Å². The van der Waals surface area contributed by atoms with Crippen LogP contribution in [-0.4, -0.2) is 34.7 Å². The lowest BCUT2D eigenvalue weighted by Gasteiger charge is -2.19. The summed E-state index contributed by atoms with van der Waals surface area (Å²) in [4.78, 5) is 8.95. The van der Waals surface area contributed by atoms with Gasteiger partial charge >= 0.3 is 0 Å². The minimum absolute atomic E-state index is 0.328. The Morgan fingerprint density at radius 3 is 2.77 bits per heavy atom. The molecular weight excluding hydrogens is 399 g/mol. The Hall–Kier alpha value is -3.39. The number of benzene rings is 1.